The molecule has 1 radical (unpaired) electrons. The molecule has 0 unspecified atom stereocenters. The summed E-state index contributed by atoms with van der Waals surface area (Å²) in [5.41, 5.74) is 16.7. The Bertz CT molecular complexity index is 2700. The summed E-state index contributed by atoms with van der Waals surface area (Å²) in [6.07, 6.45) is 3.86. The van der Waals surface area contributed by atoms with Gasteiger partial charge < -0.3 is 19.4 Å². The normalized spacial score (nSPS) is 11.7. The summed E-state index contributed by atoms with van der Waals surface area (Å²) in [6.45, 7) is 8.48. The van der Waals surface area contributed by atoms with Crippen LogP contribution in [0.5, 0.6) is 23.0 Å². The minimum Gasteiger partial charge on any atom is -0.503 e. The van der Waals surface area contributed by atoms with E-state index in [1.54, 1.807) is 0 Å². The van der Waals surface area contributed by atoms with Gasteiger partial charge in [0.15, 0.2) is 0 Å². The summed E-state index contributed by atoms with van der Waals surface area (Å²) in [5, 5.41) is 0. The van der Waals surface area contributed by atoms with Crippen LogP contribution in [0.25, 0.3) is 44.8 Å². The number of fused-ring (bicyclic) bond motifs is 4. The van der Waals surface area contributed by atoms with Crippen molar-refractivity contribution < 1.29 is 29.6 Å². The molecule has 0 aliphatic carbocycles. The fourth-order valence-corrected chi connectivity index (χ4v) is 7.52. The number of para-hydroxylation sites is 2. The molecule has 8 aromatic rings. The van der Waals surface area contributed by atoms with E-state index in [-0.39, 0.29) is 26.8 Å². The van der Waals surface area contributed by atoms with Gasteiger partial charge in [0.05, 0.1) is 0 Å². The van der Waals surface area contributed by atoms with Crippen molar-refractivity contribution in [2.75, 3.05) is 0 Å². The molecule has 56 heavy (non-hydrogen) atoms. The van der Waals surface area contributed by atoms with Gasteiger partial charge in [-0.1, -0.05) is 138 Å². The molecule has 2 aliphatic heterocycles. The zero-order chi connectivity index (χ0) is 37.5. The second-order valence-corrected chi connectivity index (χ2v) is 14.2. The molecule has 2 aromatic heterocycles. The molecule has 0 fully saturated rings. The van der Waals surface area contributed by atoms with E-state index in [4.69, 9.17) is 14.5 Å². The fourth-order valence-electron chi connectivity index (χ4n) is 7.52. The third-order valence-corrected chi connectivity index (χ3v) is 10.6. The number of pyridine rings is 2. The first-order valence-corrected chi connectivity index (χ1v) is 18.6. The molecule has 0 atom stereocenters. The van der Waals surface area contributed by atoms with Crippen molar-refractivity contribution in [2.45, 2.75) is 27.7 Å². The monoisotopic (exact) mass is 901 g/mol. The van der Waals surface area contributed by atoms with E-state index < -0.39 is 0 Å². The maximum atomic E-state index is 6.51. The average Bonchev–Trinajstić information content (AvgIpc) is 3.23. The summed E-state index contributed by atoms with van der Waals surface area (Å²) < 4.78 is 12.8. The number of aromatic nitrogens is 2. The third-order valence-electron chi connectivity index (χ3n) is 10.6. The molecule has 4 heterocycles. The molecule has 0 N–H and O–H groups in total. The number of rotatable bonds is 4. The largest absolute Gasteiger partial charge is 0.503 e. The standard InChI is InChI=1S/C30H19BNO2.C20H18N.Ir/c1-19-8-2-3-9-21(19)20-14-16-25(32-18-20)22-15-17-28-29-30(22)34-27-13-7-5-11-24(27)31(29)23-10-4-6-12-26(23)33-28;1-14-9-10-18(20-11-15(2)16(3)13-21-20)12-19(14)17-7-5-4-6-8-17;/h2-14,16-18H,1H3;4-9,11-13H,1-3H3;/q2*-1;. The Hall–Kier alpha value is -6.07. The fraction of sp³-hybridized carbons (Fsp3) is 0.0800. The first kappa shape index (κ1) is 36.9. The van der Waals surface area contributed by atoms with Gasteiger partial charge in [-0.2, -0.15) is 0 Å². The van der Waals surface area contributed by atoms with E-state index >= 15 is 0 Å². The van der Waals surface area contributed by atoms with Crippen LogP contribution in [-0.4, -0.2) is 16.7 Å². The molecule has 0 bridgehead atoms. The molecule has 0 saturated heterocycles. The molecule has 6 heteroatoms. The summed E-state index contributed by atoms with van der Waals surface area (Å²) in [7, 11) is 0. The average molecular weight is 901 g/mol. The van der Waals surface area contributed by atoms with Crippen LogP contribution in [0.1, 0.15) is 22.3 Å². The predicted octanol–water partition coefficient (Wildman–Crippen LogP) is 10.4. The molecule has 0 amide bonds. The van der Waals surface area contributed by atoms with Gasteiger partial charge >= 0.3 is 0 Å². The number of benzene rings is 6. The van der Waals surface area contributed by atoms with Crippen molar-refractivity contribution in [1.29, 1.82) is 0 Å². The second-order valence-electron chi connectivity index (χ2n) is 14.2. The van der Waals surface area contributed by atoms with E-state index in [2.05, 4.69) is 142 Å². The maximum absolute atomic E-state index is 6.51. The summed E-state index contributed by atoms with van der Waals surface area (Å²) in [5.74, 6) is 3.30. The number of hydrogen-bond donors (Lipinski definition) is 0. The van der Waals surface area contributed by atoms with Crippen LogP contribution in [0, 0.1) is 39.8 Å². The van der Waals surface area contributed by atoms with E-state index in [0.717, 1.165) is 67.5 Å². The van der Waals surface area contributed by atoms with Gasteiger partial charge in [-0.25, -0.2) is 0 Å². The van der Waals surface area contributed by atoms with Gasteiger partial charge in [-0.3, -0.25) is 0 Å². The van der Waals surface area contributed by atoms with E-state index in [9.17, 15) is 0 Å². The summed E-state index contributed by atoms with van der Waals surface area (Å²) >= 11 is 0. The molecular formula is C50H37BIrN2O2-2. The van der Waals surface area contributed by atoms with E-state index in [1.807, 2.05) is 54.9 Å². The summed E-state index contributed by atoms with van der Waals surface area (Å²) in [4.78, 5) is 9.36. The molecule has 2 aliphatic rings. The van der Waals surface area contributed by atoms with Crippen LogP contribution in [0.15, 0.2) is 152 Å². The van der Waals surface area contributed by atoms with Crippen molar-refractivity contribution in [1.82, 2.24) is 9.97 Å². The van der Waals surface area contributed by atoms with E-state index in [1.165, 1.54) is 38.9 Å². The molecule has 10 rings (SSSR count). The molecule has 0 saturated carbocycles. The van der Waals surface area contributed by atoms with Crippen molar-refractivity contribution in [2.24, 2.45) is 0 Å². The van der Waals surface area contributed by atoms with Crippen molar-refractivity contribution in [3.63, 3.8) is 0 Å². The Labute approximate surface area is 342 Å². The molecule has 4 nitrogen and oxygen atoms in total. The quantitative estimate of drug-likeness (QED) is 0.130. The number of aryl methyl sites for hydroxylation is 4. The maximum Gasteiger partial charge on any atom is 0.239 e. The first-order valence-electron chi connectivity index (χ1n) is 18.6. The van der Waals surface area contributed by atoms with Crippen LogP contribution in [0.3, 0.4) is 0 Å². The van der Waals surface area contributed by atoms with E-state index in [0.29, 0.717) is 0 Å². The second kappa shape index (κ2) is 15.6. The van der Waals surface area contributed by atoms with Gasteiger partial charge in [0.2, 0.25) is 6.71 Å². The number of ether oxygens (including phenoxy) is 2. The molecule has 273 valence electrons. The SMILES string of the molecule is Cc1ccccc1-c1ccc(-c2[c-]cc3c4c2Oc2ccccc2B4c2ccccc2O3)nc1.Cc1cnc(-c2[c-]cc(C)c(-c3ccccc3)c2)cc1C.[Ir]. The van der Waals surface area contributed by atoms with Gasteiger partial charge in [0.25, 0.3) is 0 Å². The number of hydrogen-bond acceptors (Lipinski definition) is 4. The van der Waals surface area contributed by atoms with Gasteiger partial charge in [-0.05, 0) is 83.0 Å². The van der Waals surface area contributed by atoms with Crippen LogP contribution in [0.4, 0.5) is 0 Å². The van der Waals surface area contributed by atoms with Crippen LogP contribution in [-0.2, 0) is 20.1 Å². The number of nitrogens with zero attached hydrogens (tertiary/aromatic N) is 2. The minimum absolute atomic E-state index is 0. The zero-order valence-corrected chi connectivity index (χ0v) is 34.0. The van der Waals surface area contributed by atoms with Crippen molar-refractivity contribution >= 4 is 23.1 Å². The van der Waals surface area contributed by atoms with Crippen molar-refractivity contribution in [3.8, 4) is 67.8 Å². The van der Waals surface area contributed by atoms with Crippen LogP contribution >= 0.6 is 0 Å². The molecular weight excluding hydrogens is 864 g/mol. The minimum atomic E-state index is 0. The Balaban J connectivity index is 0.000000173. The molecule has 0 spiro atoms. The van der Waals surface area contributed by atoms with Gasteiger partial charge in [-0.15, -0.1) is 41.5 Å². The van der Waals surface area contributed by atoms with Gasteiger partial charge in [0.1, 0.15) is 11.5 Å². The van der Waals surface area contributed by atoms with Gasteiger partial charge in [0, 0.05) is 44.0 Å². The van der Waals surface area contributed by atoms with Crippen LogP contribution < -0.4 is 25.9 Å². The Morgan fingerprint density at radius 2 is 1.18 bits per heavy atom. The summed E-state index contributed by atoms with van der Waals surface area (Å²) in [6, 6.07) is 54.5. The third kappa shape index (κ3) is 6.87. The molecule has 6 aromatic carbocycles. The predicted molar refractivity (Wildman–Crippen MR) is 225 cm³/mol. The van der Waals surface area contributed by atoms with Crippen LogP contribution in [0.2, 0.25) is 0 Å². The Morgan fingerprint density at radius 1 is 0.500 bits per heavy atom. The Morgan fingerprint density at radius 3 is 1.89 bits per heavy atom. The zero-order valence-electron chi connectivity index (χ0n) is 31.6. The topological polar surface area (TPSA) is 44.2 Å². The Kier molecular flexibility index (Phi) is 10.3. The smallest absolute Gasteiger partial charge is 0.239 e. The van der Waals surface area contributed by atoms with Crippen molar-refractivity contribution in [3.05, 3.63) is 186 Å². The first-order chi connectivity index (χ1) is 26.9.